The normalized spacial score (nSPS) is 11.8. The second kappa shape index (κ2) is 7.88. The fraction of sp³-hybridized carbons (Fsp3) is 0.143. The number of sulfonamides is 1. The smallest absolute Gasteiger partial charge is 0.339 e. The van der Waals surface area contributed by atoms with Crippen molar-refractivity contribution in [1.29, 1.82) is 0 Å². The van der Waals surface area contributed by atoms with Crippen LogP contribution in [0.1, 0.15) is 16.7 Å². The van der Waals surface area contributed by atoms with Gasteiger partial charge in [-0.05, 0) is 56.7 Å². The van der Waals surface area contributed by atoms with Crippen molar-refractivity contribution in [3.63, 3.8) is 0 Å². The predicted molar refractivity (Wildman–Crippen MR) is 112 cm³/mol. The first-order valence-electron chi connectivity index (χ1n) is 8.78. The van der Waals surface area contributed by atoms with Crippen LogP contribution in [0.5, 0.6) is 5.75 Å². The molecule has 0 atom stereocenters. The number of rotatable bonds is 6. The van der Waals surface area contributed by atoms with Crippen molar-refractivity contribution in [1.82, 2.24) is 0 Å². The molecule has 0 bridgehead atoms. The van der Waals surface area contributed by atoms with E-state index in [9.17, 15) is 16.8 Å². The Morgan fingerprint density at radius 3 is 1.76 bits per heavy atom. The van der Waals surface area contributed by atoms with E-state index < -0.39 is 20.1 Å². The molecule has 3 aromatic carbocycles. The minimum Gasteiger partial charge on any atom is -0.379 e. The number of aryl methyl sites for hydroxylation is 3. The maximum Gasteiger partial charge on any atom is 0.339 e. The van der Waals surface area contributed by atoms with Crippen LogP contribution in [0.15, 0.2) is 76.5 Å². The van der Waals surface area contributed by atoms with Crippen molar-refractivity contribution in [3.05, 3.63) is 83.4 Å². The highest BCUT2D eigenvalue weighted by molar-refractivity contribution is 7.92. The molecule has 0 heterocycles. The van der Waals surface area contributed by atoms with Crippen molar-refractivity contribution in [3.8, 4) is 5.75 Å². The molecule has 0 aliphatic heterocycles. The number of benzene rings is 3. The van der Waals surface area contributed by atoms with Gasteiger partial charge in [0.2, 0.25) is 0 Å². The van der Waals surface area contributed by atoms with Gasteiger partial charge in [-0.15, -0.1) is 0 Å². The van der Waals surface area contributed by atoms with Crippen LogP contribution in [0.3, 0.4) is 0 Å². The number of nitrogens with one attached hydrogen (secondary N) is 1. The van der Waals surface area contributed by atoms with Crippen LogP contribution in [0, 0.1) is 20.8 Å². The number of hydrogen-bond acceptors (Lipinski definition) is 5. The molecule has 3 aromatic rings. The Labute approximate surface area is 171 Å². The summed E-state index contributed by atoms with van der Waals surface area (Å²) in [7, 11) is -7.86. The molecule has 8 heteroatoms. The fourth-order valence-corrected chi connectivity index (χ4v) is 4.59. The minimum absolute atomic E-state index is 0.0214. The summed E-state index contributed by atoms with van der Waals surface area (Å²) in [6, 6.07) is 17.2. The first-order chi connectivity index (χ1) is 13.6. The molecule has 0 aliphatic carbocycles. The van der Waals surface area contributed by atoms with Gasteiger partial charge in [-0.3, -0.25) is 4.72 Å². The largest absolute Gasteiger partial charge is 0.379 e. The van der Waals surface area contributed by atoms with Gasteiger partial charge in [-0.1, -0.05) is 41.5 Å². The van der Waals surface area contributed by atoms with Crippen LogP contribution in [0.4, 0.5) is 5.69 Å². The van der Waals surface area contributed by atoms with Gasteiger partial charge in [0.25, 0.3) is 10.0 Å². The third-order valence-corrected chi connectivity index (χ3v) is 6.93. The van der Waals surface area contributed by atoms with Gasteiger partial charge >= 0.3 is 10.1 Å². The van der Waals surface area contributed by atoms with Gasteiger partial charge in [0, 0.05) is 6.07 Å². The molecule has 29 heavy (non-hydrogen) atoms. The van der Waals surface area contributed by atoms with Gasteiger partial charge in [0.15, 0.2) is 0 Å². The first-order valence-corrected chi connectivity index (χ1v) is 11.7. The first kappa shape index (κ1) is 20.9. The maximum atomic E-state index is 12.6. The van der Waals surface area contributed by atoms with Crippen molar-refractivity contribution >= 4 is 25.8 Å². The van der Waals surface area contributed by atoms with Crippen LogP contribution in [-0.2, 0) is 20.1 Å². The van der Waals surface area contributed by atoms with E-state index in [1.165, 1.54) is 30.3 Å². The average Bonchev–Trinajstić information content (AvgIpc) is 2.65. The van der Waals surface area contributed by atoms with E-state index in [0.29, 0.717) is 5.56 Å². The number of anilines is 1. The van der Waals surface area contributed by atoms with E-state index in [4.69, 9.17) is 4.18 Å². The molecule has 0 saturated heterocycles. The Hall–Kier alpha value is -2.84. The quantitative estimate of drug-likeness (QED) is 0.592. The van der Waals surface area contributed by atoms with E-state index in [0.717, 1.165) is 11.1 Å². The van der Waals surface area contributed by atoms with Gasteiger partial charge in [-0.2, -0.15) is 8.42 Å². The topological polar surface area (TPSA) is 89.5 Å². The van der Waals surface area contributed by atoms with E-state index in [2.05, 4.69) is 4.72 Å². The molecule has 0 fully saturated rings. The molecular formula is C21H21NO5S2. The lowest BCUT2D eigenvalue weighted by atomic mass is 10.2. The highest BCUT2D eigenvalue weighted by atomic mass is 32.2. The Balaban J connectivity index is 1.88. The summed E-state index contributed by atoms with van der Waals surface area (Å²) in [5, 5.41) is 0. The Kier molecular flexibility index (Phi) is 5.68. The lowest BCUT2D eigenvalue weighted by Crippen LogP contribution is -2.14. The second-order valence-corrected chi connectivity index (χ2v) is 9.98. The molecule has 152 valence electrons. The number of hydrogen-bond donors (Lipinski definition) is 1. The van der Waals surface area contributed by atoms with Crippen LogP contribution in [0.25, 0.3) is 0 Å². The zero-order valence-electron chi connectivity index (χ0n) is 16.2. The van der Waals surface area contributed by atoms with Crippen molar-refractivity contribution < 1.29 is 21.0 Å². The molecule has 0 radical (unpaired) electrons. The van der Waals surface area contributed by atoms with Crippen LogP contribution in [0.2, 0.25) is 0 Å². The average molecular weight is 432 g/mol. The summed E-state index contributed by atoms with van der Waals surface area (Å²) in [6.07, 6.45) is 0. The summed E-state index contributed by atoms with van der Waals surface area (Å²) in [4.78, 5) is 0.131. The molecule has 0 amide bonds. The van der Waals surface area contributed by atoms with E-state index >= 15 is 0 Å². The zero-order chi connectivity index (χ0) is 21.2. The van der Waals surface area contributed by atoms with Gasteiger partial charge < -0.3 is 4.18 Å². The van der Waals surface area contributed by atoms with Crippen LogP contribution < -0.4 is 8.91 Å². The molecular weight excluding hydrogens is 410 g/mol. The summed E-state index contributed by atoms with van der Waals surface area (Å²) >= 11 is 0. The van der Waals surface area contributed by atoms with E-state index in [1.54, 1.807) is 43.3 Å². The van der Waals surface area contributed by atoms with Gasteiger partial charge in [0.1, 0.15) is 10.6 Å². The van der Waals surface area contributed by atoms with Gasteiger partial charge in [0.05, 0.1) is 10.6 Å². The lowest BCUT2D eigenvalue weighted by Gasteiger charge is -2.13. The molecule has 0 unspecified atom stereocenters. The molecule has 3 rings (SSSR count). The molecule has 6 nitrogen and oxygen atoms in total. The summed E-state index contributed by atoms with van der Waals surface area (Å²) in [6.45, 7) is 5.39. The van der Waals surface area contributed by atoms with Crippen molar-refractivity contribution in [2.75, 3.05) is 4.72 Å². The zero-order valence-corrected chi connectivity index (χ0v) is 17.8. The van der Waals surface area contributed by atoms with Crippen molar-refractivity contribution in [2.45, 2.75) is 30.6 Å². The second-order valence-electron chi connectivity index (χ2n) is 6.75. The molecule has 0 aromatic heterocycles. The minimum atomic E-state index is -4.05. The Morgan fingerprint density at radius 1 is 0.690 bits per heavy atom. The predicted octanol–water partition coefficient (Wildman–Crippen LogP) is 4.18. The van der Waals surface area contributed by atoms with E-state index in [1.807, 2.05) is 13.8 Å². The lowest BCUT2D eigenvalue weighted by molar-refractivity contribution is 0.484. The maximum absolute atomic E-state index is 12.6. The SMILES string of the molecule is Cc1ccc(S(=O)(=O)Nc2ccc(C)c(OS(=O)(=O)c3ccc(C)cc3)c2)cc1. The highest BCUT2D eigenvalue weighted by Crippen LogP contribution is 2.27. The highest BCUT2D eigenvalue weighted by Gasteiger charge is 2.19. The van der Waals surface area contributed by atoms with Crippen molar-refractivity contribution in [2.24, 2.45) is 0 Å². The van der Waals surface area contributed by atoms with Crippen LogP contribution in [-0.4, -0.2) is 16.8 Å². The fourth-order valence-electron chi connectivity index (χ4n) is 2.56. The standard InChI is InChI=1S/C21H21NO5S2/c1-15-4-10-19(11-5-15)28(23,24)22-18-9-8-17(3)21(14-18)27-29(25,26)20-12-6-16(2)7-13-20/h4-14,22H,1-3H3. The third-order valence-electron chi connectivity index (χ3n) is 4.28. The summed E-state index contributed by atoms with van der Waals surface area (Å²) in [5.41, 5.74) is 2.62. The molecule has 0 spiro atoms. The monoisotopic (exact) mass is 431 g/mol. The van der Waals surface area contributed by atoms with E-state index in [-0.39, 0.29) is 21.2 Å². The van der Waals surface area contributed by atoms with Crippen LogP contribution >= 0.6 is 0 Å². The third kappa shape index (κ3) is 4.96. The summed E-state index contributed by atoms with van der Waals surface area (Å²) in [5.74, 6) is 0.0506. The summed E-state index contributed by atoms with van der Waals surface area (Å²) < 4.78 is 58.0. The Morgan fingerprint density at radius 2 is 1.21 bits per heavy atom. The Bertz CT molecular complexity index is 1230. The van der Waals surface area contributed by atoms with Gasteiger partial charge in [-0.25, -0.2) is 8.42 Å². The molecule has 0 aliphatic rings. The molecule has 1 N–H and O–H groups in total. The molecule has 0 saturated carbocycles.